The lowest BCUT2D eigenvalue weighted by Crippen LogP contribution is -2.14. The second-order valence-corrected chi connectivity index (χ2v) is 16.1. The van der Waals surface area contributed by atoms with Crippen LogP contribution in [0.4, 0.5) is 0 Å². The van der Waals surface area contributed by atoms with Crippen LogP contribution in [-0.4, -0.2) is 16.1 Å². The Kier molecular flexibility index (Phi) is 7.19. The third-order valence-electron chi connectivity index (χ3n) is 10.7. The number of nitrogens with zero attached hydrogens (tertiary/aromatic N) is 3. The van der Waals surface area contributed by atoms with Crippen LogP contribution in [0.1, 0.15) is 87.8 Å². The molecule has 8 rings (SSSR count). The van der Waals surface area contributed by atoms with Crippen molar-refractivity contribution in [2.75, 3.05) is 0 Å². The first-order valence-corrected chi connectivity index (χ1v) is 17.6. The molecule has 1 fully saturated rings. The number of benzene rings is 5. The van der Waals surface area contributed by atoms with E-state index in [2.05, 4.69) is 168 Å². The molecule has 0 N–H and O–H groups in total. The lowest BCUT2D eigenvalue weighted by Gasteiger charge is -2.21. The van der Waals surface area contributed by atoms with Gasteiger partial charge < -0.3 is 4.57 Å². The zero-order chi connectivity index (χ0) is 34.1. The molecule has 1 aliphatic heterocycles. The molecule has 1 aromatic heterocycles. The van der Waals surface area contributed by atoms with Gasteiger partial charge in [0.05, 0.1) is 22.3 Å². The number of aliphatic imine (C=N–C) groups is 2. The van der Waals surface area contributed by atoms with Gasteiger partial charge in [0.25, 0.3) is 0 Å². The zero-order valence-corrected chi connectivity index (χ0v) is 29.6. The van der Waals surface area contributed by atoms with E-state index in [1.54, 1.807) is 0 Å². The minimum absolute atomic E-state index is 0.0736. The van der Waals surface area contributed by atoms with Gasteiger partial charge in [-0.25, -0.2) is 4.99 Å². The third kappa shape index (κ3) is 5.46. The van der Waals surface area contributed by atoms with Crippen LogP contribution in [0, 0.1) is 5.92 Å². The average molecular weight is 640 g/mol. The summed E-state index contributed by atoms with van der Waals surface area (Å²) in [6.45, 7) is 17.8. The highest BCUT2D eigenvalue weighted by atomic mass is 15.1. The van der Waals surface area contributed by atoms with Crippen molar-refractivity contribution in [3.63, 3.8) is 0 Å². The number of hydrogen-bond donors (Lipinski definition) is 0. The molecule has 1 aliphatic carbocycles. The summed E-state index contributed by atoms with van der Waals surface area (Å²) in [5, 5.41) is 2.51. The number of amidine groups is 1. The molecule has 6 aromatic rings. The Bertz CT molecular complexity index is 2250. The standard InChI is InChI=1S/C46H45N3/c1-8-30-25-32(27-37(26-30)49-41-15-11-9-13-38(41)39-14-10-12-16-42(39)49)40-28-36-29-46(36,35-23-21-34(22-24-35)45(5,6)7)48-43(47-40)31-17-19-33(20-18-31)44(2,3)4/h8-27,36H,1,28-29H2,2-7H3. The topological polar surface area (TPSA) is 29.6 Å². The summed E-state index contributed by atoms with van der Waals surface area (Å²) in [6, 6.07) is 42.3. The van der Waals surface area contributed by atoms with Crippen LogP contribution in [0.15, 0.2) is 132 Å². The van der Waals surface area contributed by atoms with Crippen LogP contribution < -0.4 is 0 Å². The lowest BCUT2D eigenvalue weighted by molar-refractivity contribution is 0.588. The maximum Gasteiger partial charge on any atom is 0.155 e. The Hall–Kier alpha value is -5.02. The minimum Gasteiger partial charge on any atom is -0.309 e. The normalized spacial score (nSPS) is 19.3. The molecule has 1 saturated carbocycles. The van der Waals surface area contributed by atoms with Crippen molar-refractivity contribution < 1.29 is 0 Å². The van der Waals surface area contributed by atoms with E-state index in [-0.39, 0.29) is 16.4 Å². The van der Waals surface area contributed by atoms with E-state index in [9.17, 15) is 0 Å². The third-order valence-corrected chi connectivity index (χ3v) is 10.7. The van der Waals surface area contributed by atoms with E-state index in [1.807, 2.05) is 6.08 Å². The highest BCUT2D eigenvalue weighted by Gasteiger charge is 2.57. The molecule has 0 amide bonds. The van der Waals surface area contributed by atoms with E-state index in [1.165, 1.54) is 38.5 Å². The van der Waals surface area contributed by atoms with E-state index in [0.29, 0.717) is 5.92 Å². The van der Waals surface area contributed by atoms with Gasteiger partial charge in [0.2, 0.25) is 0 Å². The largest absolute Gasteiger partial charge is 0.309 e. The van der Waals surface area contributed by atoms with Crippen LogP contribution in [0.5, 0.6) is 0 Å². The van der Waals surface area contributed by atoms with Crippen molar-refractivity contribution in [1.29, 1.82) is 0 Å². The molecule has 2 heterocycles. The maximum atomic E-state index is 5.58. The van der Waals surface area contributed by atoms with Crippen molar-refractivity contribution in [2.45, 2.75) is 70.8 Å². The summed E-state index contributed by atoms with van der Waals surface area (Å²) in [6.07, 6.45) is 3.84. The molecule has 0 bridgehead atoms. The Morgan fingerprint density at radius 3 is 1.84 bits per heavy atom. The van der Waals surface area contributed by atoms with Gasteiger partial charge in [-0.05, 0) is 87.7 Å². The fourth-order valence-corrected chi connectivity index (χ4v) is 7.67. The van der Waals surface area contributed by atoms with Gasteiger partial charge in [-0.15, -0.1) is 0 Å². The summed E-state index contributed by atoms with van der Waals surface area (Å²) in [7, 11) is 0. The fraction of sp³-hybridized carbons (Fsp3) is 0.261. The van der Waals surface area contributed by atoms with Crippen LogP contribution in [-0.2, 0) is 16.4 Å². The molecule has 0 spiro atoms. The van der Waals surface area contributed by atoms with E-state index in [4.69, 9.17) is 9.98 Å². The predicted octanol–water partition coefficient (Wildman–Crippen LogP) is 11.6. The molecule has 0 saturated heterocycles. The first-order chi connectivity index (χ1) is 23.4. The van der Waals surface area contributed by atoms with Crippen molar-refractivity contribution in [3.05, 3.63) is 155 Å². The monoisotopic (exact) mass is 639 g/mol. The van der Waals surface area contributed by atoms with E-state index < -0.39 is 0 Å². The quantitative estimate of drug-likeness (QED) is 0.180. The fourth-order valence-electron chi connectivity index (χ4n) is 7.67. The van der Waals surface area contributed by atoms with Crippen molar-refractivity contribution >= 4 is 39.4 Å². The van der Waals surface area contributed by atoms with Crippen LogP contribution in [0.3, 0.4) is 0 Å². The smallest absolute Gasteiger partial charge is 0.155 e. The van der Waals surface area contributed by atoms with Gasteiger partial charge in [0.1, 0.15) is 0 Å². The summed E-state index contributed by atoms with van der Waals surface area (Å²) in [5.74, 6) is 1.19. The number of hydrogen-bond acceptors (Lipinski definition) is 2. The van der Waals surface area contributed by atoms with E-state index in [0.717, 1.165) is 46.8 Å². The zero-order valence-electron chi connectivity index (χ0n) is 29.6. The SMILES string of the molecule is C=Cc1cc(C2=NC(c3ccc(C(C)(C)C)cc3)=NC3(c4ccc(C(C)(C)C)cc4)CC3C2)cc(-n2c3ccccc3c3ccccc32)c1. The Morgan fingerprint density at radius 2 is 1.27 bits per heavy atom. The van der Waals surface area contributed by atoms with Crippen molar-refractivity contribution in [3.8, 4) is 5.69 Å². The molecular weight excluding hydrogens is 595 g/mol. The van der Waals surface area contributed by atoms with Gasteiger partial charge in [-0.3, -0.25) is 4.99 Å². The van der Waals surface area contributed by atoms with Gasteiger partial charge in [-0.2, -0.15) is 0 Å². The molecule has 2 aliphatic rings. The number of para-hydroxylation sites is 2. The molecule has 2 unspecified atom stereocenters. The minimum atomic E-state index is -0.272. The van der Waals surface area contributed by atoms with Gasteiger partial charge in [0, 0.05) is 22.0 Å². The molecule has 3 heteroatoms. The van der Waals surface area contributed by atoms with Gasteiger partial charge >= 0.3 is 0 Å². The van der Waals surface area contributed by atoms with Gasteiger partial charge in [0.15, 0.2) is 5.84 Å². The number of rotatable bonds is 5. The molecule has 0 radical (unpaired) electrons. The predicted molar refractivity (Wildman–Crippen MR) is 209 cm³/mol. The lowest BCUT2D eigenvalue weighted by atomic mass is 9.85. The Labute approximate surface area is 290 Å². The first kappa shape index (κ1) is 31.3. The molecule has 2 atom stereocenters. The maximum absolute atomic E-state index is 5.58. The highest BCUT2D eigenvalue weighted by molar-refractivity contribution is 6.14. The van der Waals surface area contributed by atoms with Crippen LogP contribution in [0.2, 0.25) is 0 Å². The van der Waals surface area contributed by atoms with Crippen molar-refractivity contribution in [1.82, 2.24) is 4.57 Å². The number of aromatic nitrogens is 1. The number of fused-ring (bicyclic) bond motifs is 4. The average Bonchev–Trinajstić information content (AvgIpc) is 3.72. The van der Waals surface area contributed by atoms with Crippen LogP contribution in [0.25, 0.3) is 33.6 Å². The second-order valence-electron chi connectivity index (χ2n) is 16.1. The summed E-state index contributed by atoms with van der Waals surface area (Å²) in [5.41, 5.74) is 11.7. The molecule has 49 heavy (non-hydrogen) atoms. The van der Waals surface area contributed by atoms with Gasteiger partial charge in [-0.1, -0.05) is 139 Å². The molecule has 244 valence electrons. The van der Waals surface area contributed by atoms with E-state index >= 15 is 0 Å². The molecule has 5 aromatic carbocycles. The first-order valence-electron chi connectivity index (χ1n) is 17.6. The second kappa shape index (κ2) is 11.3. The van der Waals surface area contributed by atoms with Crippen LogP contribution >= 0.6 is 0 Å². The Balaban J connectivity index is 1.28. The Morgan fingerprint density at radius 1 is 0.694 bits per heavy atom. The summed E-state index contributed by atoms with van der Waals surface area (Å²) in [4.78, 5) is 11.0. The highest BCUT2D eigenvalue weighted by Crippen LogP contribution is 2.59. The summed E-state index contributed by atoms with van der Waals surface area (Å²) < 4.78 is 2.39. The molecular formula is C46H45N3. The molecule has 3 nitrogen and oxygen atoms in total. The summed E-state index contributed by atoms with van der Waals surface area (Å²) >= 11 is 0. The van der Waals surface area contributed by atoms with Crippen molar-refractivity contribution in [2.24, 2.45) is 15.9 Å².